The molecule has 0 radical (unpaired) electrons. The van der Waals surface area contributed by atoms with Gasteiger partial charge in [0.05, 0.1) is 18.8 Å². The van der Waals surface area contributed by atoms with Gasteiger partial charge < -0.3 is 30.5 Å². The summed E-state index contributed by atoms with van der Waals surface area (Å²) in [5, 5.41) is 24.4. The molecular formula is C41H62N4O6. The van der Waals surface area contributed by atoms with Gasteiger partial charge in [-0.2, -0.15) is 0 Å². The quantitative estimate of drug-likeness (QED) is 0.0502. The van der Waals surface area contributed by atoms with Gasteiger partial charge in [-0.3, -0.25) is 14.6 Å². The number of amides is 2. The molecule has 0 spiro atoms. The van der Waals surface area contributed by atoms with Crippen molar-refractivity contribution in [2.45, 2.75) is 109 Å². The zero-order chi connectivity index (χ0) is 36.8. The molecule has 2 rings (SSSR count). The van der Waals surface area contributed by atoms with Crippen LogP contribution >= 0.6 is 0 Å². The predicted molar refractivity (Wildman–Crippen MR) is 204 cm³/mol. The summed E-state index contributed by atoms with van der Waals surface area (Å²) in [4.78, 5) is 45.0. The molecule has 2 amide bonds. The number of unbranched alkanes of at least 4 members (excludes halogenated alkanes) is 2. The maximum absolute atomic E-state index is 13.0. The first-order chi connectivity index (χ1) is 25.0. The number of hydrogen-bond acceptors (Lipinski definition) is 8. The Hall–Kier alpha value is -3.86. The number of rotatable bonds is 27. The first-order valence-corrected chi connectivity index (χ1v) is 18.9. The highest BCUT2D eigenvalue weighted by Crippen LogP contribution is 2.11. The third-order valence-corrected chi connectivity index (χ3v) is 8.42. The Balaban J connectivity index is 1.64. The van der Waals surface area contributed by atoms with Crippen molar-refractivity contribution in [3.8, 4) is 0 Å². The molecule has 0 bridgehead atoms. The third-order valence-electron chi connectivity index (χ3n) is 8.42. The van der Waals surface area contributed by atoms with Crippen molar-refractivity contribution in [1.29, 1.82) is 0 Å². The molecule has 1 saturated heterocycles. The van der Waals surface area contributed by atoms with Gasteiger partial charge in [-0.1, -0.05) is 67.7 Å². The molecule has 2 heterocycles. The normalized spacial score (nSPS) is 14.6. The van der Waals surface area contributed by atoms with E-state index in [-0.39, 0.29) is 12.3 Å². The summed E-state index contributed by atoms with van der Waals surface area (Å²) in [5.41, 5.74) is 1.23. The summed E-state index contributed by atoms with van der Waals surface area (Å²) in [6.07, 6.45) is 33.7. The molecule has 1 fully saturated rings. The van der Waals surface area contributed by atoms with E-state index in [0.717, 1.165) is 76.7 Å². The van der Waals surface area contributed by atoms with E-state index in [2.05, 4.69) is 88.2 Å². The number of allylic oxidation sites excluding steroid dienone is 10. The van der Waals surface area contributed by atoms with Gasteiger partial charge in [-0.25, -0.2) is 4.79 Å². The van der Waals surface area contributed by atoms with Gasteiger partial charge >= 0.3 is 5.97 Å². The van der Waals surface area contributed by atoms with Gasteiger partial charge in [0.15, 0.2) is 0 Å². The highest BCUT2D eigenvalue weighted by molar-refractivity contribution is 5.96. The zero-order valence-electron chi connectivity index (χ0n) is 30.7. The number of ether oxygens (including phenoxy) is 1. The molecule has 282 valence electrons. The van der Waals surface area contributed by atoms with Crippen LogP contribution in [0.2, 0.25) is 0 Å². The Morgan fingerprint density at radius 3 is 2.08 bits per heavy atom. The number of carbonyl (C=O) groups is 3. The molecule has 4 N–H and O–H groups in total. The van der Waals surface area contributed by atoms with Crippen LogP contribution in [0.3, 0.4) is 0 Å². The van der Waals surface area contributed by atoms with E-state index in [1.165, 1.54) is 19.0 Å². The van der Waals surface area contributed by atoms with Crippen molar-refractivity contribution >= 4 is 17.8 Å². The van der Waals surface area contributed by atoms with Gasteiger partial charge in [0.2, 0.25) is 5.91 Å². The fourth-order valence-corrected chi connectivity index (χ4v) is 5.39. The van der Waals surface area contributed by atoms with Crippen molar-refractivity contribution in [2.24, 2.45) is 0 Å². The molecule has 1 aromatic heterocycles. The van der Waals surface area contributed by atoms with E-state index >= 15 is 0 Å². The number of pyridine rings is 1. The third kappa shape index (κ3) is 21.2. The summed E-state index contributed by atoms with van der Waals surface area (Å²) >= 11 is 0. The number of esters is 1. The number of hydrogen-bond donors (Lipinski definition) is 4. The fourth-order valence-electron chi connectivity index (χ4n) is 5.39. The molecule has 1 aliphatic rings. The van der Waals surface area contributed by atoms with Gasteiger partial charge in [-0.05, 0) is 102 Å². The van der Waals surface area contributed by atoms with Crippen LogP contribution in [-0.4, -0.2) is 89.4 Å². The molecule has 0 aliphatic carbocycles. The first-order valence-electron chi connectivity index (χ1n) is 18.9. The topological polar surface area (TPSA) is 141 Å². The summed E-state index contributed by atoms with van der Waals surface area (Å²) in [7, 11) is 0. The average molecular weight is 707 g/mol. The van der Waals surface area contributed by atoms with Crippen molar-refractivity contribution in [1.82, 2.24) is 20.5 Å². The van der Waals surface area contributed by atoms with Crippen LogP contribution < -0.4 is 10.6 Å². The van der Waals surface area contributed by atoms with Gasteiger partial charge in [0, 0.05) is 37.8 Å². The first kappa shape index (κ1) is 43.3. The van der Waals surface area contributed by atoms with Crippen LogP contribution in [0.4, 0.5) is 0 Å². The van der Waals surface area contributed by atoms with Crippen LogP contribution in [0, 0.1) is 0 Å². The molecule has 10 heteroatoms. The predicted octanol–water partition coefficient (Wildman–Crippen LogP) is 5.92. The fraction of sp³-hybridized carbons (Fsp3) is 0.561. The second-order valence-corrected chi connectivity index (χ2v) is 12.7. The van der Waals surface area contributed by atoms with Crippen molar-refractivity contribution in [3.05, 3.63) is 90.3 Å². The minimum atomic E-state index is -1.07. The molecule has 0 saturated carbocycles. The van der Waals surface area contributed by atoms with Crippen molar-refractivity contribution in [3.63, 3.8) is 0 Å². The molecule has 10 nitrogen and oxygen atoms in total. The van der Waals surface area contributed by atoms with E-state index in [1.54, 1.807) is 6.07 Å². The second kappa shape index (κ2) is 28.8. The van der Waals surface area contributed by atoms with Crippen LogP contribution in [-0.2, 0) is 20.7 Å². The van der Waals surface area contributed by atoms with Crippen molar-refractivity contribution in [2.75, 3.05) is 39.4 Å². The Morgan fingerprint density at radius 1 is 0.863 bits per heavy atom. The number of aromatic nitrogens is 1. The molecule has 1 aliphatic heterocycles. The largest absolute Gasteiger partial charge is 0.456 e. The van der Waals surface area contributed by atoms with Crippen LogP contribution in [0.5, 0.6) is 0 Å². The zero-order valence-corrected chi connectivity index (χ0v) is 30.7. The van der Waals surface area contributed by atoms with E-state index in [1.807, 2.05) is 6.07 Å². The van der Waals surface area contributed by atoms with E-state index < -0.39 is 37.2 Å². The van der Waals surface area contributed by atoms with Gasteiger partial charge in [0.1, 0.15) is 12.1 Å². The number of aliphatic hydroxyl groups excluding tert-OH is 2. The highest BCUT2D eigenvalue weighted by atomic mass is 16.6. The number of aliphatic hydroxyl groups is 2. The maximum Gasteiger partial charge on any atom is 0.329 e. The monoisotopic (exact) mass is 706 g/mol. The Bertz CT molecular complexity index is 1250. The highest BCUT2D eigenvalue weighted by Gasteiger charge is 2.25. The van der Waals surface area contributed by atoms with E-state index in [9.17, 15) is 24.6 Å². The van der Waals surface area contributed by atoms with Crippen LogP contribution in [0.25, 0.3) is 0 Å². The summed E-state index contributed by atoms with van der Waals surface area (Å²) < 4.78 is 5.21. The second-order valence-electron chi connectivity index (χ2n) is 12.7. The standard InChI is InChI=1S/C41H62N4O6/c1-2-3-4-5-6-7-8-9-10-11-12-13-14-15-16-17-18-24-39(48)42-28-20-19-23-38(41(50)51-37(33-46)34-47)44-40(49)35-25-26-36(43-32-35)27-31-45-29-21-22-30-45/h3-4,6-7,9-10,12-13,15-16,25-26,32,37-38,46-47H,2,5,8,11,14,17-24,27-31,33-34H2,1H3,(H,42,48)(H,44,49). The lowest BCUT2D eigenvalue weighted by Gasteiger charge is -2.21. The van der Waals surface area contributed by atoms with Gasteiger partial charge in [0.25, 0.3) is 5.91 Å². The number of nitrogens with one attached hydrogen (secondary N) is 2. The number of nitrogens with zero attached hydrogens (tertiary/aromatic N) is 2. The minimum absolute atomic E-state index is 0.0169. The Kier molecular flexibility index (Phi) is 24.5. The van der Waals surface area contributed by atoms with Crippen molar-refractivity contribution < 1.29 is 29.3 Å². The summed E-state index contributed by atoms with van der Waals surface area (Å²) in [6.45, 7) is 4.70. The Morgan fingerprint density at radius 2 is 1.49 bits per heavy atom. The summed E-state index contributed by atoms with van der Waals surface area (Å²) in [6, 6.07) is 2.55. The molecule has 1 unspecified atom stereocenters. The molecule has 1 atom stereocenters. The summed E-state index contributed by atoms with van der Waals surface area (Å²) in [5.74, 6) is -1.21. The lowest BCUT2D eigenvalue weighted by atomic mass is 10.1. The molecule has 1 aromatic rings. The average Bonchev–Trinajstić information content (AvgIpc) is 3.67. The molecule has 51 heavy (non-hydrogen) atoms. The van der Waals surface area contributed by atoms with E-state index in [4.69, 9.17) is 4.74 Å². The number of carbonyl (C=O) groups excluding carboxylic acids is 3. The lowest BCUT2D eigenvalue weighted by Crippen LogP contribution is -2.44. The van der Waals surface area contributed by atoms with E-state index in [0.29, 0.717) is 31.4 Å². The van der Waals surface area contributed by atoms with Crippen LogP contribution in [0.1, 0.15) is 106 Å². The Labute approximate surface area is 305 Å². The maximum atomic E-state index is 13.0. The smallest absolute Gasteiger partial charge is 0.329 e. The molecule has 0 aromatic carbocycles. The lowest BCUT2D eigenvalue weighted by molar-refractivity contribution is -0.156. The number of likely N-dealkylation sites (tertiary alicyclic amines) is 1. The molecular weight excluding hydrogens is 644 g/mol. The van der Waals surface area contributed by atoms with Crippen LogP contribution in [0.15, 0.2) is 79.1 Å². The SMILES string of the molecule is CCC=CCC=CCC=CCC=CCC=CCCCC(=O)NCCCCC(NC(=O)c1ccc(CCN2CCCC2)nc1)C(=O)OC(CO)CO. The van der Waals surface area contributed by atoms with Gasteiger partial charge in [-0.15, -0.1) is 0 Å². The minimum Gasteiger partial charge on any atom is -0.456 e.